The summed E-state index contributed by atoms with van der Waals surface area (Å²) < 4.78 is 20.0. The van der Waals surface area contributed by atoms with Crippen molar-refractivity contribution in [2.75, 3.05) is 6.61 Å². The lowest BCUT2D eigenvalue weighted by Crippen LogP contribution is -2.13. The molecule has 1 nitrogen and oxygen atoms in total. The number of rotatable bonds is 7. The maximum Gasteiger partial charge on any atom is 0.153 e. The van der Waals surface area contributed by atoms with Crippen LogP contribution in [0.5, 0.6) is 5.75 Å². The number of hydrogen-bond acceptors (Lipinski definition) is 1. The Kier molecular flexibility index (Phi) is 7.18. The molecule has 0 N–H and O–H groups in total. The Bertz CT molecular complexity index is 733. The molecule has 1 aliphatic carbocycles. The molecule has 0 heterocycles. The van der Waals surface area contributed by atoms with Crippen molar-refractivity contribution in [3.63, 3.8) is 0 Å². The number of unbranched alkanes of at least 4 members (excludes halogenated alkanes) is 1. The molecule has 0 aliphatic heterocycles. The van der Waals surface area contributed by atoms with Crippen molar-refractivity contribution in [1.29, 1.82) is 0 Å². The van der Waals surface area contributed by atoms with Gasteiger partial charge in [-0.25, -0.2) is 4.39 Å². The molecular formula is C24H30ClFO. The highest BCUT2D eigenvalue weighted by atomic mass is 35.5. The number of halogens is 2. The monoisotopic (exact) mass is 388 g/mol. The van der Waals surface area contributed by atoms with E-state index < -0.39 is 5.82 Å². The van der Waals surface area contributed by atoms with Crippen LogP contribution in [0.4, 0.5) is 4.39 Å². The molecule has 2 aromatic rings. The topological polar surface area (TPSA) is 9.23 Å². The van der Waals surface area contributed by atoms with Gasteiger partial charge in [-0.05, 0) is 67.7 Å². The Morgan fingerprint density at radius 2 is 1.70 bits per heavy atom. The molecule has 0 aromatic heterocycles. The zero-order chi connectivity index (χ0) is 19.2. The minimum Gasteiger partial charge on any atom is -0.492 e. The maximum absolute atomic E-state index is 14.7. The predicted octanol–water partition coefficient (Wildman–Crippen LogP) is 8.01. The Labute approximate surface area is 167 Å². The number of benzene rings is 2. The summed E-state index contributed by atoms with van der Waals surface area (Å²) in [4.78, 5) is 0. The Morgan fingerprint density at radius 3 is 2.33 bits per heavy atom. The van der Waals surface area contributed by atoms with Gasteiger partial charge in [-0.15, -0.1) is 0 Å². The van der Waals surface area contributed by atoms with Gasteiger partial charge in [-0.1, -0.05) is 62.1 Å². The van der Waals surface area contributed by atoms with Crippen molar-refractivity contribution in [3.8, 4) is 16.9 Å². The van der Waals surface area contributed by atoms with Crippen molar-refractivity contribution in [2.24, 2.45) is 5.92 Å². The molecule has 0 saturated heterocycles. The van der Waals surface area contributed by atoms with E-state index >= 15 is 0 Å². The predicted molar refractivity (Wildman–Crippen MR) is 112 cm³/mol. The smallest absolute Gasteiger partial charge is 0.153 e. The Hall–Kier alpha value is -1.54. The van der Waals surface area contributed by atoms with Gasteiger partial charge in [-0.3, -0.25) is 0 Å². The zero-order valence-corrected chi connectivity index (χ0v) is 17.2. The van der Waals surface area contributed by atoms with Crippen molar-refractivity contribution < 1.29 is 9.13 Å². The Balaban J connectivity index is 1.69. The quantitative estimate of drug-likeness (QED) is 0.466. The third kappa shape index (κ3) is 4.85. The van der Waals surface area contributed by atoms with Gasteiger partial charge in [0, 0.05) is 5.56 Å². The van der Waals surface area contributed by atoms with Crippen LogP contribution in [0.1, 0.15) is 70.3 Å². The maximum atomic E-state index is 14.7. The molecule has 3 heteroatoms. The average Bonchev–Trinajstić information content (AvgIpc) is 2.71. The molecule has 27 heavy (non-hydrogen) atoms. The van der Waals surface area contributed by atoms with E-state index in [1.165, 1.54) is 50.5 Å². The van der Waals surface area contributed by atoms with E-state index in [9.17, 15) is 4.39 Å². The summed E-state index contributed by atoms with van der Waals surface area (Å²) >= 11 is 6.13. The van der Waals surface area contributed by atoms with Gasteiger partial charge < -0.3 is 4.74 Å². The second-order valence-corrected chi connectivity index (χ2v) is 8.03. The highest BCUT2D eigenvalue weighted by molar-refractivity contribution is 6.32. The van der Waals surface area contributed by atoms with Crippen LogP contribution < -0.4 is 4.74 Å². The summed E-state index contributed by atoms with van der Waals surface area (Å²) in [5.74, 6) is 1.55. The van der Waals surface area contributed by atoms with Crippen molar-refractivity contribution in [1.82, 2.24) is 0 Å². The van der Waals surface area contributed by atoms with Crippen molar-refractivity contribution >= 4 is 11.6 Å². The van der Waals surface area contributed by atoms with E-state index in [0.717, 1.165) is 11.5 Å². The van der Waals surface area contributed by atoms with Crippen LogP contribution in [0.2, 0.25) is 5.02 Å². The zero-order valence-electron chi connectivity index (χ0n) is 16.4. The minimum atomic E-state index is -0.410. The third-order valence-corrected chi connectivity index (χ3v) is 6.20. The van der Waals surface area contributed by atoms with E-state index in [1.807, 2.05) is 19.1 Å². The average molecular weight is 389 g/mol. The highest BCUT2D eigenvalue weighted by Gasteiger charge is 2.22. The molecule has 3 rings (SSSR count). The van der Waals surface area contributed by atoms with Gasteiger partial charge in [0.15, 0.2) is 5.82 Å². The minimum absolute atomic E-state index is 0.0591. The van der Waals surface area contributed by atoms with Gasteiger partial charge in [0.05, 0.1) is 6.61 Å². The van der Waals surface area contributed by atoms with Gasteiger partial charge in [0.1, 0.15) is 10.8 Å². The first-order valence-electron chi connectivity index (χ1n) is 10.3. The van der Waals surface area contributed by atoms with E-state index in [4.69, 9.17) is 16.3 Å². The normalized spacial score (nSPS) is 19.9. The summed E-state index contributed by atoms with van der Waals surface area (Å²) in [6.45, 7) is 4.60. The molecule has 146 valence electrons. The van der Waals surface area contributed by atoms with E-state index in [1.54, 1.807) is 12.1 Å². The molecular weight excluding hydrogens is 359 g/mol. The first-order valence-corrected chi connectivity index (χ1v) is 10.7. The molecule has 0 spiro atoms. The van der Waals surface area contributed by atoms with Gasteiger partial charge >= 0.3 is 0 Å². The van der Waals surface area contributed by atoms with E-state index in [0.29, 0.717) is 23.8 Å². The molecule has 0 radical (unpaired) electrons. The van der Waals surface area contributed by atoms with Crippen molar-refractivity contribution in [3.05, 3.63) is 52.8 Å². The highest BCUT2D eigenvalue weighted by Crippen LogP contribution is 2.39. The molecule has 1 aliphatic rings. The molecule has 0 unspecified atom stereocenters. The van der Waals surface area contributed by atoms with Gasteiger partial charge in [-0.2, -0.15) is 0 Å². The lowest BCUT2D eigenvalue weighted by Gasteiger charge is -2.29. The molecule has 0 amide bonds. The third-order valence-electron chi connectivity index (χ3n) is 5.85. The second kappa shape index (κ2) is 9.59. The molecule has 0 atom stereocenters. The van der Waals surface area contributed by atoms with Crippen LogP contribution in [0.3, 0.4) is 0 Å². The fourth-order valence-corrected chi connectivity index (χ4v) is 4.45. The summed E-state index contributed by atoms with van der Waals surface area (Å²) in [7, 11) is 0. The largest absolute Gasteiger partial charge is 0.492 e. The lowest BCUT2D eigenvalue weighted by molar-refractivity contribution is 0.304. The molecule has 0 bridgehead atoms. The Morgan fingerprint density at radius 1 is 1.00 bits per heavy atom. The SMILES string of the molecule is CCCCC1CCC(c2ccc(-c3ccc(OCC)c(Cl)c3F)cc2)CC1. The summed E-state index contributed by atoms with van der Waals surface area (Å²) in [6.07, 6.45) is 9.28. The van der Waals surface area contributed by atoms with Gasteiger partial charge in [0.25, 0.3) is 0 Å². The number of hydrogen-bond donors (Lipinski definition) is 0. The van der Waals surface area contributed by atoms with Crippen LogP contribution >= 0.6 is 11.6 Å². The molecule has 1 saturated carbocycles. The fourth-order valence-electron chi connectivity index (χ4n) is 4.23. The summed E-state index contributed by atoms with van der Waals surface area (Å²) in [6, 6.07) is 11.9. The van der Waals surface area contributed by atoms with Crippen LogP contribution in [-0.2, 0) is 0 Å². The summed E-state index contributed by atoms with van der Waals surface area (Å²) in [5.41, 5.74) is 2.77. The molecule has 1 fully saturated rings. The van der Waals surface area contributed by atoms with Gasteiger partial charge in [0.2, 0.25) is 0 Å². The van der Waals surface area contributed by atoms with Crippen LogP contribution in [-0.4, -0.2) is 6.61 Å². The first kappa shape index (κ1) is 20.2. The lowest BCUT2D eigenvalue weighted by atomic mass is 9.77. The molecule has 2 aromatic carbocycles. The fraction of sp³-hybridized carbons (Fsp3) is 0.500. The number of ether oxygens (including phenoxy) is 1. The summed E-state index contributed by atoms with van der Waals surface area (Å²) in [5, 5.41) is 0.0591. The second-order valence-electron chi connectivity index (χ2n) is 7.65. The van der Waals surface area contributed by atoms with E-state index in [-0.39, 0.29) is 5.02 Å². The van der Waals surface area contributed by atoms with Crippen LogP contribution in [0, 0.1) is 11.7 Å². The van der Waals surface area contributed by atoms with Crippen LogP contribution in [0.15, 0.2) is 36.4 Å². The first-order chi connectivity index (χ1) is 13.1. The van der Waals surface area contributed by atoms with Crippen molar-refractivity contribution in [2.45, 2.75) is 64.7 Å². The van der Waals surface area contributed by atoms with E-state index in [2.05, 4.69) is 19.1 Å². The standard InChI is InChI=1S/C24H30ClFO/c1-3-5-6-17-7-9-18(10-8-17)19-11-13-20(14-12-19)21-15-16-22(27-4-2)23(25)24(21)26/h11-18H,3-10H2,1-2H3. The van der Waals surface area contributed by atoms with Crippen LogP contribution in [0.25, 0.3) is 11.1 Å².